The fourth-order valence-electron chi connectivity index (χ4n) is 1.43. The summed E-state index contributed by atoms with van der Waals surface area (Å²) in [7, 11) is 0. The lowest BCUT2D eigenvalue weighted by atomic mass is 10.2. The molecule has 1 unspecified atom stereocenters. The molecule has 0 aromatic carbocycles. The molecule has 0 amide bonds. The van der Waals surface area contributed by atoms with Crippen LogP contribution in [0.3, 0.4) is 0 Å². The molecule has 0 aliphatic rings. The van der Waals surface area contributed by atoms with Crippen molar-refractivity contribution in [3.63, 3.8) is 0 Å². The van der Waals surface area contributed by atoms with Crippen LogP contribution in [0.5, 0.6) is 0 Å². The van der Waals surface area contributed by atoms with Crippen LogP contribution in [-0.4, -0.2) is 46.8 Å². The number of carboxylic acids is 1. The van der Waals surface area contributed by atoms with Gasteiger partial charge in [0.15, 0.2) is 0 Å². The minimum absolute atomic E-state index is 0.0176. The third kappa shape index (κ3) is 4.24. The monoisotopic (exact) mass is 189 g/mol. The Balaban J connectivity index is 4.20. The highest BCUT2D eigenvalue weighted by Gasteiger charge is 2.21. The van der Waals surface area contributed by atoms with Crippen molar-refractivity contribution in [3.8, 4) is 0 Å². The molecule has 4 nitrogen and oxygen atoms in total. The van der Waals surface area contributed by atoms with Gasteiger partial charge in [-0.3, -0.25) is 9.69 Å². The highest BCUT2D eigenvalue weighted by atomic mass is 16.4. The van der Waals surface area contributed by atoms with Crippen LogP contribution in [0.15, 0.2) is 0 Å². The van der Waals surface area contributed by atoms with Crippen molar-refractivity contribution in [1.82, 2.24) is 4.90 Å². The predicted octanol–water partition coefficient (Wildman–Crippen LogP) is 0.554. The molecule has 0 aliphatic carbocycles. The Morgan fingerprint density at radius 1 is 1.38 bits per heavy atom. The van der Waals surface area contributed by atoms with Gasteiger partial charge in [0.25, 0.3) is 0 Å². The second-order valence-corrected chi connectivity index (χ2v) is 3.02. The van der Waals surface area contributed by atoms with Crippen molar-refractivity contribution in [2.24, 2.45) is 0 Å². The van der Waals surface area contributed by atoms with Gasteiger partial charge in [-0.25, -0.2) is 0 Å². The zero-order valence-electron chi connectivity index (χ0n) is 8.36. The zero-order valence-corrected chi connectivity index (χ0v) is 8.36. The summed E-state index contributed by atoms with van der Waals surface area (Å²) in [6.07, 6.45) is 1.49. The molecule has 13 heavy (non-hydrogen) atoms. The summed E-state index contributed by atoms with van der Waals surface area (Å²) in [5.41, 5.74) is 0. The molecular weight excluding hydrogens is 170 g/mol. The van der Waals surface area contributed by atoms with Gasteiger partial charge in [0, 0.05) is 6.54 Å². The average molecular weight is 189 g/mol. The third-order valence-electron chi connectivity index (χ3n) is 2.01. The van der Waals surface area contributed by atoms with Crippen LogP contribution in [-0.2, 0) is 4.79 Å². The Morgan fingerprint density at radius 2 is 2.00 bits per heavy atom. The summed E-state index contributed by atoms with van der Waals surface area (Å²) < 4.78 is 0. The molecule has 0 bridgehead atoms. The Kier molecular flexibility index (Phi) is 6.54. The molecule has 0 rings (SSSR count). The maximum Gasteiger partial charge on any atom is 0.320 e. The van der Waals surface area contributed by atoms with Crippen molar-refractivity contribution in [1.29, 1.82) is 0 Å². The quantitative estimate of drug-likeness (QED) is 0.614. The minimum Gasteiger partial charge on any atom is -0.480 e. The summed E-state index contributed by atoms with van der Waals surface area (Å²) in [4.78, 5) is 12.6. The molecular formula is C9H19NO3. The van der Waals surface area contributed by atoms with E-state index in [1.54, 1.807) is 0 Å². The highest BCUT2D eigenvalue weighted by Crippen LogP contribution is 2.04. The molecule has 0 aliphatic heterocycles. The topological polar surface area (TPSA) is 60.8 Å². The van der Waals surface area contributed by atoms with E-state index in [4.69, 9.17) is 10.2 Å². The molecule has 78 valence electrons. The molecule has 0 radical (unpaired) electrons. The molecule has 0 saturated carbocycles. The number of rotatable bonds is 7. The third-order valence-corrected chi connectivity index (χ3v) is 2.01. The van der Waals surface area contributed by atoms with Crippen molar-refractivity contribution in [3.05, 3.63) is 0 Å². The van der Waals surface area contributed by atoms with Crippen LogP contribution >= 0.6 is 0 Å². The molecule has 0 spiro atoms. The van der Waals surface area contributed by atoms with Gasteiger partial charge in [-0.2, -0.15) is 0 Å². The van der Waals surface area contributed by atoms with Crippen LogP contribution in [0.2, 0.25) is 0 Å². The maximum absolute atomic E-state index is 10.8. The van der Waals surface area contributed by atoms with Gasteiger partial charge in [-0.15, -0.1) is 0 Å². The van der Waals surface area contributed by atoms with E-state index in [0.29, 0.717) is 13.0 Å². The van der Waals surface area contributed by atoms with Crippen molar-refractivity contribution < 1.29 is 15.0 Å². The normalized spacial score (nSPS) is 13.2. The van der Waals surface area contributed by atoms with Crippen LogP contribution in [0.4, 0.5) is 0 Å². The fourth-order valence-corrected chi connectivity index (χ4v) is 1.43. The summed E-state index contributed by atoms with van der Waals surface area (Å²) >= 11 is 0. The van der Waals surface area contributed by atoms with E-state index in [0.717, 1.165) is 13.0 Å². The predicted molar refractivity (Wildman–Crippen MR) is 50.7 cm³/mol. The summed E-state index contributed by atoms with van der Waals surface area (Å²) in [6, 6.07) is -0.452. The number of hydrogen-bond donors (Lipinski definition) is 2. The van der Waals surface area contributed by atoms with E-state index in [1.807, 2.05) is 18.7 Å². The lowest BCUT2D eigenvalue weighted by molar-refractivity contribution is -0.143. The molecule has 0 fully saturated rings. The maximum atomic E-state index is 10.8. The van der Waals surface area contributed by atoms with Crippen molar-refractivity contribution in [2.45, 2.75) is 32.7 Å². The Morgan fingerprint density at radius 3 is 2.31 bits per heavy atom. The van der Waals surface area contributed by atoms with Crippen molar-refractivity contribution >= 4 is 5.97 Å². The highest BCUT2D eigenvalue weighted by molar-refractivity contribution is 5.73. The van der Waals surface area contributed by atoms with E-state index in [2.05, 4.69) is 0 Å². The van der Waals surface area contributed by atoms with E-state index in [1.165, 1.54) is 0 Å². The summed E-state index contributed by atoms with van der Waals surface area (Å²) in [5.74, 6) is -0.801. The largest absolute Gasteiger partial charge is 0.480 e. The lowest BCUT2D eigenvalue weighted by Gasteiger charge is -2.26. The molecule has 4 heteroatoms. The number of carbonyl (C=O) groups is 1. The molecule has 0 aromatic rings. The van der Waals surface area contributed by atoms with Gasteiger partial charge < -0.3 is 10.2 Å². The summed E-state index contributed by atoms with van der Waals surface area (Å²) in [5, 5.41) is 17.6. The first-order valence-corrected chi connectivity index (χ1v) is 4.75. The zero-order chi connectivity index (χ0) is 10.3. The number of hydrogen-bond acceptors (Lipinski definition) is 3. The van der Waals surface area contributed by atoms with Gasteiger partial charge in [-0.1, -0.05) is 13.8 Å². The summed E-state index contributed by atoms with van der Waals surface area (Å²) in [6.45, 7) is 5.03. The van der Waals surface area contributed by atoms with E-state index < -0.39 is 12.0 Å². The second-order valence-electron chi connectivity index (χ2n) is 3.02. The first kappa shape index (κ1) is 12.4. The van der Waals surface area contributed by atoms with Crippen LogP contribution in [0.25, 0.3) is 0 Å². The number of aliphatic hydroxyl groups excluding tert-OH is 1. The average Bonchev–Trinajstić information content (AvgIpc) is 2.05. The van der Waals surface area contributed by atoms with Crippen molar-refractivity contribution in [2.75, 3.05) is 19.7 Å². The molecule has 0 saturated heterocycles. The van der Waals surface area contributed by atoms with Gasteiger partial charge in [0.2, 0.25) is 0 Å². The Bertz CT molecular complexity index is 144. The van der Waals surface area contributed by atoms with Crippen LogP contribution in [0.1, 0.15) is 26.7 Å². The first-order valence-electron chi connectivity index (χ1n) is 4.75. The molecule has 2 N–H and O–H groups in total. The van der Waals surface area contributed by atoms with E-state index in [9.17, 15) is 4.79 Å². The number of nitrogens with zero attached hydrogens (tertiary/aromatic N) is 1. The fraction of sp³-hybridized carbons (Fsp3) is 0.889. The minimum atomic E-state index is -0.801. The van der Waals surface area contributed by atoms with Gasteiger partial charge in [0.1, 0.15) is 6.04 Å². The molecule has 0 heterocycles. The lowest BCUT2D eigenvalue weighted by Crippen LogP contribution is -2.42. The molecule has 0 aromatic heterocycles. The smallest absolute Gasteiger partial charge is 0.320 e. The van der Waals surface area contributed by atoms with Crippen LogP contribution in [0, 0.1) is 0 Å². The standard InChI is InChI=1S/C9H19NO3/c1-3-5-10(6-7-11)8(4-2)9(12)13/h8,11H,3-7H2,1-2H3,(H,12,13). The number of carboxylic acid groups (broad SMARTS) is 1. The Labute approximate surface area is 79.2 Å². The number of aliphatic carboxylic acids is 1. The SMILES string of the molecule is CCCN(CCO)C(CC)C(=O)O. The first-order chi connectivity index (χ1) is 6.17. The van der Waals surface area contributed by atoms with Gasteiger partial charge in [0.05, 0.1) is 6.61 Å². The second kappa shape index (κ2) is 6.86. The van der Waals surface area contributed by atoms with E-state index in [-0.39, 0.29) is 6.61 Å². The Hall–Kier alpha value is -0.610. The van der Waals surface area contributed by atoms with E-state index >= 15 is 0 Å². The van der Waals surface area contributed by atoms with Crippen LogP contribution < -0.4 is 0 Å². The van der Waals surface area contributed by atoms with Gasteiger partial charge in [-0.05, 0) is 19.4 Å². The number of aliphatic hydroxyl groups is 1. The van der Waals surface area contributed by atoms with Gasteiger partial charge >= 0.3 is 5.97 Å². The molecule has 1 atom stereocenters.